The summed E-state index contributed by atoms with van der Waals surface area (Å²) in [6.45, 7) is 1.95. The molecule has 0 aliphatic carbocycles. The molecular formula is C23H19F3N2O4. The number of carbonyl (C=O) groups is 1. The van der Waals surface area contributed by atoms with Crippen LogP contribution in [0.3, 0.4) is 0 Å². The number of fused-ring (bicyclic) bond motifs is 1. The third-order valence-corrected chi connectivity index (χ3v) is 5.01. The van der Waals surface area contributed by atoms with Crippen LogP contribution in [0.1, 0.15) is 17.0 Å². The molecule has 0 saturated carbocycles. The first-order valence-electron chi connectivity index (χ1n) is 9.78. The Bertz CT molecular complexity index is 1260. The van der Waals surface area contributed by atoms with Crippen molar-refractivity contribution in [3.8, 4) is 17.2 Å². The molecule has 4 aromatic rings. The standard InChI is InChI=1S/C23H19F3N2O4/c1-14-19(27-22(32-14)15-2-4-17(5-3-15)23(24,25)26)9-11-31-18-6-7-20-16(12-18)8-10-28(20)13-21(29)30/h2-8,10,12H,9,11,13H2,1H3,(H,29,30). The van der Waals surface area contributed by atoms with Gasteiger partial charge in [0.25, 0.3) is 0 Å². The number of halogens is 3. The van der Waals surface area contributed by atoms with Gasteiger partial charge in [-0.2, -0.15) is 13.2 Å². The number of rotatable bonds is 7. The van der Waals surface area contributed by atoms with Gasteiger partial charge in [0.2, 0.25) is 5.89 Å². The van der Waals surface area contributed by atoms with Gasteiger partial charge in [-0.25, -0.2) is 4.98 Å². The summed E-state index contributed by atoms with van der Waals surface area (Å²) in [5, 5.41) is 9.83. The molecule has 9 heteroatoms. The number of oxazole rings is 1. The van der Waals surface area contributed by atoms with E-state index in [1.165, 1.54) is 12.1 Å². The first-order valence-corrected chi connectivity index (χ1v) is 9.78. The molecule has 0 unspecified atom stereocenters. The minimum absolute atomic E-state index is 0.115. The summed E-state index contributed by atoms with van der Waals surface area (Å²) in [5.74, 6) is 0.549. The first kappa shape index (κ1) is 21.5. The zero-order valence-corrected chi connectivity index (χ0v) is 17.0. The van der Waals surface area contributed by atoms with E-state index in [-0.39, 0.29) is 12.4 Å². The third-order valence-electron chi connectivity index (χ3n) is 5.01. The Labute approximate surface area is 180 Å². The van der Waals surface area contributed by atoms with Crippen LogP contribution in [-0.2, 0) is 23.9 Å². The highest BCUT2D eigenvalue weighted by Crippen LogP contribution is 2.31. The average molecular weight is 444 g/mol. The van der Waals surface area contributed by atoms with Crippen LogP contribution in [-0.4, -0.2) is 27.2 Å². The van der Waals surface area contributed by atoms with Gasteiger partial charge in [0.1, 0.15) is 18.1 Å². The number of aryl methyl sites for hydroxylation is 1. The van der Waals surface area contributed by atoms with Crippen molar-refractivity contribution in [3.05, 3.63) is 71.7 Å². The molecule has 0 radical (unpaired) electrons. The maximum Gasteiger partial charge on any atom is 0.416 e. The van der Waals surface area contributed by atoms with Gasteiger partial charge in [-0.1, -0.05) is 0 Å². The molecule has 166 valence electrons. The van der Waals surface area contributed by atoms with Gasteiger partial charge in [0.15, 0.2) is 0 Å². The normalized spacial score (nSPS) is 11.8. The number of ether oxygens (including phenoxy) is 1. The van der Waals surface area contributed by atoms with E-state index in [1.807, 2.05) is 12.1 Å². The lowest BCUT2D eigenvalue weighted by atomic mass is 10.1. The van der Waals surface area contributed by atoms with Crippen molar-refractivity contribution in [2.45, 2.75) is 26.1 Å². The average Bonchev–Trinajstić information content (AvgIpc) is 3.30. The smallest absolute Gasteiger partial charge is 0.416 e. The molecule has 0 saturated heterocycles. The Hall–Kier alpha value is -3.75. The summed E-state index contributed by atoms with van der Waals surface area (Å²) in [4.78, 5) is 15.3. The maximum absolute atomic E-state index is 12.7. The van der Waals surface area contributed by atoms with E-state index in [9.17, 15) is 18.0 Å². The monoisotopic (exact) mass is 444 g/mol. The van der Waals surface area contributed by atoms with Crippen LogP contribution >= 0.6 is 0 Å². The molecule has 4 rings (SSSR count). The van der Waals surface area contributed by atoms with E-state index >= 15 is 0 Å². The number of alkyl halides is 3. The molecular weight excluding hydrogens is 425 g/mol. The Morgan fingerprint density at radius 3 is 2.59 bits per heavy atom. The zero-order valence-electron chi connectivity index (χ0n) is 17.0. The van der Waals surface area contributed by atoms with Gasteiger partial charge in [0, 0.05) is 29.1 Å². The highest BCUT2D eigenvalue weighted by atomic mass is 19.4. The van der Waals surface area contributed by atoms with E-state index in [0.29, 0.717) is 35.8 Å². The molecule has 0 bridgehead atoms. The summed E-state index contributed by atoms with van der Waals surface area (Å²) >= 11 is 0. The topological polar surface area (TPSA) is 77.5 Å². The molecule has 6 nitrogen and oxygen atoms in total. The van der Waals surface area contributed by atoms with E-state index in [1.54, 1.807) is 29.8 Å². The van der Waals surface area contributed by atoms with Crippen LogP contribution < -0.4 is 4.74 Å². The summed E-state index contributed by atoms with van der Waals surface area (Å²) in [7, 11) is 0. The molecule has 0 spiro atoms. The minimum atomic E-state index is -4.39. The lowest BCUT2D eigenvalue weighted by Crippen LogP contribution is -2.07. The highest BCUT2D eigenvalue weighted by molar-refractivity contribution is 5.83. The molecule has 2 aromatic carbocycles. The van der Waals surface area contributed by atoms with Crippen molar-refractivity contribution in [3.63, 3.8) is 0 Å². The Morgan fingerprint density at radius 1 is 1.16 bits per heavy atom. The molecule has 1 N–H and O–H groups in total. The molecule has 2 aromatic heterocycles. The van der Waals surface area contributed by atoms with Gasteiger partial charge in [0.05, 0.1) is 17.9 Å². The lowest BCUT2D eigenvalue weighted by Gasteiger charge is -2.07. The number of hydrogen-bond acceptors (Lipinski definition) is 4. The molecule has 0 fully saturated rings. The molecule has 0 aliphatic heterocycles. The summed E-state index contributed by atoms with van der Waals surface area (Å²) in [6.07, 6.45) is -2.23. The fraction of sp³-hybridized carbons (Fsp3) is 0.217. The quantitative estimate of drug-likeness (QED) is 0.417. The minimum Gasteiger partial charge on any atom is -0.493 e. The zero-order chi connectivity index (χ0) is 22.9. The van der Waals surface area contributed by atoms with Crippen molar-refractivity contribution in [2.24, 2.45) is 0 Å². The molecule has 0 amide bonds. The Kier molecular flexibility index (Phi) is 5.65. The van der Waals surface area contributed by atoms with Crippen molar-refractivity contribution >= 4 is 16.9 Å². The number of carboxylic acids is 1. The fourth-order valence-electron chi connectivity index (χ4n) is 3.40. The van der Waals surface area contributed by atoms with Gasteiger partial charge in [-0.15, -0.1) is 0 Å². The molecule has 0 aliphatic rings. The predicted molar refractivity (Wildman–Crippen MR) is 110 cm³/mol. The number of aliphatic carboxylic acids is 1. The predicted octanol–water partition coefficient (Wildman–Crippen LogP) is 5.33. The molecule has 32 heavy (non-hydrogen) atoms. The van der Waals surface area contributed by atoms with Crippen LogP contribution in [0, 0.1) is 6.92 Å². The Balaban J connectivity index is 1.40. The van der Waals surface area contributed by atoms with Crippen LogP contribution in [0.15, 0.2) is 59.1 Å². The van der Waals surface area contributed by atoms with Gasteiger partial charge < -0.3 is 18.8 Å². The second-order valence-corrected chi connectivity index (χ2v) is 7.25. The lowest BCUT2D eigenvalue weighted by molar-refractivity contribution is -0.138. The van der Waals surface area contributed by atoms with E-state index in [0.717, 1.165) is 23.0 Å². The highest BCUT2D eigenvalue weighted by Gasteiger charge is 2.30. The van der Waals surface area contributed by atoms with E-state index in [4.69, 9.17) is 14.3 Å². The first-order chi connectivity index (χ1) is 15.2. The largest absolute Gasteiger partial charge is 0.493 e. The van der Waals surface area contributed by atoms with Gasteiger partial charge >= 0.3 is 12.1 Å². The summed E-state index contributed by atoms with van der Waals surface area (Å²) in [5.41, 5.74) is 1.19. The van der Waals surface area contributed by atoms with Crippen LogP contribution in [0.25, 0.3) is 22.4 Å². The molecule has 2 heterocycles. The number of carboxylic acid groups (broad SMARTS) is 1. The van der Waals surface area contributed by atoms with Crippen molar-refractivity contribution in [1.29, 1.82) is 0 Å². The van der Waals surface area contributed by atoms with Crippen LogP contribution in [0.2, 0.25) is 0 Å². The summed E-state index contributed by atoms with van der Waals surface area (Å²) in [6, 6.07) is 11.9. The summed E-state index contributed by atoms with van der Waals surface area (Å²) < 4.78 is 51.3. The number of benzene rings is 2. The van der Waals surface area contributed by atoms with Gasteiger partial charge in [-0.3, -0.25) is 4.79 Å². The van der Waals surface area contributed by atoms with Gasteiger partial charge in [-0.05, 0) is 55.5 Å². The number of nitrogens with zero attached hydrogens (tertiary/aromatic N) is 2. The van der Waals surface area contributed by atoms with E-state index < -0.39 is 17.7 Å². The van der Waals surface area contributed by atoms with Crippen molar-refractivity contribution < 1.29 is 32.2 Å². The number of aromatic nitrogens is 2. The van der Waals surface area contributed by atoms with Crippen molar-refractivity contribution in [1.82, 2.24) is 9.55 Å². The second kappa shape index (κ2) is 8.41. The van der Waals surface area contributed by atoms with Crippen molar-refractivity contribution in [2.75, 3.05) is 6.61 Å². The number of hydrogen-bond donors (Lipinski definition) is 1. The van der Waals surface area contributed by atoms with Crippen LogP contribution in [0.5, 0.6) is 5.75 Å². The fourth-order valence-corrected chi connectivity index (χ4v) is 3.40. The third kappa shape index (κ3) is 4.61. The second-order valence-electron chi connectivity index (χ2n) is 7.25. The molecule has 0 atom stereocenters. The van der Waals surface area contributed by atoms with Crippen LogP contribution in [0.4, 0.5) is 13.2 Å². The maximum atomic E-state index is 12.7. The Morgan fingerprint density at radius 2 is 1.91 bits per heavy atom. The van der Waals surface area contributed by atoms with E-state index in [2.05, 4.69) is 4.98 Å². The SMILES string of the molecule is Cc1oc(-c2ccc(C(F)(F)F)cc2)nc1CCOc1ccc2c(ccn2CC(=O)O)c1.